The van der Waals surface area contributed by atoms with Gasteiger partial charge in [-0.3, -0.25) is 0 Å². The van der Waals surface area contributed by atoms with Gasteiger partial charge < -0.3 is 10.5 Å². The molecule has 0 aliphatic rings. The molecular formula is C14H16FN3O. The van der Waals surface area contributed by atoms with E-state index >= 15 is 0 Å². The summed E-state index contributed by atoms with van der Waals surface area (Å²) in [5.74, 6) is 0.677. The predicted octanol–water partition coefficient (Wildman–Crippen LogP) is 2.50. The first-order valence-electron chi connectivity index (χ1n) is 6.10. The SMILES string of the molecule is CCOc1cc(C)nc(Cc2cccc(F)c2N)n1. The van der Waals surface area contributed by atoms with E-state index in [9.17, 15) is 4.39 Å². The molecule has 2 aromatic rings. The van der Waals surface area contributed by atoms with Gasteiger partial charge in [0.15, 0.2) is 0 Å². The molecular weight excluding hydrogens is 245 g/mol. The molecule has 0 radical (unpaired) electrons. The number of hydrogen-bond acceptors (Lipinski definition) is 4. The molecule has 2 N–H and O–H groups in total. The summed E-state index contributed by atoms with van der Waals surface area (Å²) in [6.07, 6.45) is 0.380. The van der Waals surface area contributed by atoms with Crippen molar-refractivity contribution in [3.8, 4) is 5.88 Å². The minimum absolute atomic E-state index is 0.144. The van der Waals surface area contributed by atoms with Crippen molar-refractivity contribution in [2.75, 3.05) is 12.3 Å². The average Bonchev–Trinajstić information content (AvgIpc) is 2.35. The molecule has 100 valence electrons. The number of benzene rings is 1. The van der Waals surface area contributed by atoms with Gasteiger partial charge in [-0.25, -0.2) is 9.37 Å². The van der Waals surface area contributed by atoms with Gasteiger partial charge in [0.1, 0.15) is 11.6 Å². The molecule has 5 heteroatoms. The van der Waals surface area contributed by atoms with Crippen LogP contribution >= 0.6 is 0 Å². The molecule has 19 heavy (non-hydrogen) atoms. The van der Waals surface area contributed by atoms with Gasteiger partial charge in [-0.05, 0) is 25.5 Å². The van der Waals surface area contributed by atoms with Crippen LogP contribution in [0.15, 0.2) is 24.3 Å². The zero-order valence-corrected chi connectivity index (χ0v) is 11.0. The van der Waals surface area contributed by atoms with E-state index in [2.05, 4.69) is 9.97 Å². The van der Waals surface area contributed by atoms with Crippen LogP contribution in [0.2, 0.25) is 0 Å². The summed E-state index contributed by atoms with van der Waals surface area (Å²) in [5.41, 5.74) is 7.33. The van der Waals surface area contributed by atoms with Crippen LogP contribution in [-0.4, -0.2) is 16.6 Å². The lowest BCUT2D eigenvalue weighted by Gasteiger charge is -2.08. The Morgan fingerprint density at radius 2 is 2.11 bits per heavy atom. The number of nitrogens with zero attached hydrogens (tertiary/aromatic N) is 2. The van der Waals surface area contributed by atoms with Gasteiger partial charge in [0.05, 0.1) is 12.3 Å². The average molecular weight is 261 g/mol. The van der Waals surface area contributed by atoms with E-state index in [0.29, 0.717) is 30.3 Å². The Morgan fingerprint density at radius 1 is 1.32 bits per heavy atom. The fourth-order valence-electron chi connectivity index (χ4n) is 1.81. The number of hydrogen-bond donors (Lipinski definition) is 1. The van der Waals surface area contributed by atoms with Crippen molar-refractivity contribution in [2.45, 2.75) is 20.3 Å². The third-order valence-corrected chi connectivity index (χ3v) is 2.66. The molecule has 0 atom stereocenters. The van der Waals surface area contributed by atoms with E-state index in [-0.39, 0.29) is 5.69 Å². The van der Waals surface area contributed by atoms with Crippen molar-refractivity contribution in [3.63, 3.8) is 0 Å². The lowest BCUT2D eigenvalue weighted by atomic mass is 10.1. The molecule has 0 aliphatic heterocycles. The topological polar surface area (TPSA) is 61.0 Å². The fraction of sp³-hybridized carbons (Fsp3) is 0.286. The van der Waals surface area contributed by atoms with Crippen molar-refractivity contribution in [1.82, 2.24) is 9.97 Å². The quantitative estimate of drug-likeness (QED) is 0.859. The minimum atomic E-state index is -0.421. The minimum Gasteiger partial charge on any atom is -0.478 e. The van der Waals surface area contributed by atoms with Crippen LogP contribution in [-0.2, 0) is 6.42 Å². The van der Waals surface area contributed by atoms with Crippen molar-refractivity contribution in [1.29, 1.82) is 0 Å². The Hall–Kier alpha value is -2.17. The number of aromatic nitrogens is 2. The van der Waals surface area contributed by atoms with E-state index in [4.69, 9.17) is 10.5 Å². The molecule has 0 aliphatic carbocycles. The summed E-state index contributed by atoms with van der Waals surface area (Å²) in [7, 11) is 0. The fourth-order valence-corrected chi connectivity index (χ4v) is 1.81. The highest BCUT2D eigenvalue weighted by atomic mass is 19.1. The normalized spacial score (nSPS) is 10.5. The molecule has 2 rings (SSSR count). The smallest absolute Gasteiger partial charge is 0.216 e. The van der Waals surface area contributed by atoms with Crippen LogP contribution in [0.5, 0.6) is 5.88 Å². The van der Waals surface area contributed by atoms with Gasteiger partial charge >= 0.3 is 0 Å². The maximum absolute atomic E-state index is 13.4. The lowest BCUT2D eigenvalue weighted by Crippen LogP contribution is -2.05. The summed E-state index contributed by atoms with van der Waals surface area (Å²) in [6.45, 7) is 4.29. The third-order valence-electron chi connectivity index (χ3n) is 2.66. The third kappa shape index (κ3) is 3.19. The molecule has 0 fully saturated rings. The Balaban J connectivity index is 2.30. The molecule has 0 saturated heterocycles. The first-order valence-corrected chi connectivity index (χ1v) is 6.10. The van der Waals surface area contributed by atoms with Crippen LogP contribution in [0, 0.1) is 12.7 Å². The largest absolute Gasteiger partial charge is 0.478 e. The van der Waals surface area contributed by atoms with E-state index in [1.807, 2.05) is 13.8 Å². The standard InChI is InChI=1S/C14H16FN3O/c1-3-19-13-7-9(2)17-12(18-13)8-10-5-4-6-11(15)14(10)16/h4-7H,3,8,16H2,1-2H3. The number of aryl methyl sites for hydroxylation is 1. The van der Waals surface area contributed by atoms with Gasteiger partial charge in [0, 0.05) is 18.2 Å². The summed E-state index contributed by atoms with van der Waals surface area (Å²) >= 11 is 0. The molecule has 0 unspecified atom stereocenters. The van der Waals surface area contributed by atoms with Crippen LogP contribution < -0.4 is 10.5 Å². The van der Waals surface area contributed by atoms with Gasteiger partial charge in [-0.15, -0.1) is 0 Å². The van der Waals surface area contributed by atoms with E-state index in [1.165, 1.54) is 6.07 Å². The van der Waals surface area contributed by atoms with Gasteiger partial charge in [0.25, 0.3) is 0 Å². The number of nitrogens with two attached hydrogens (primary N) is 1. The molecule has 0 bridgehead atoms. The predicted molar refractivity (Wildman–Crippen MR) is 71.6 cm³/mol. The number of rotatable bonds is 4. The second-order valence-electron chi connectivity index (χ2n) is 4.19. The Bertz CT molecular complexity index is 587. The van der Waals surface area contributed by atoms with Crippen molar-refractivity contribution in [2.24, 2.45) is 0 Å². The monoisotopic (exact) mass is 261 g/mol. The van der Waals surface area contributed by atoms with Crippen LogP contribution in [0.25, 0.3) is 0 Å². The summed E-state index contributed by atoms with van der Waals surface area (Å²) < 4.78 is 18.7. The molecule has 0 amide bonds. The first-order chi connectivity index (χ1) is 9.10. The molecule has 0 saturated carbocycles. The van der Waals surface area contributed by atoms with Crippen LogP contribution in [0.3, 0.4) is 0 Å². The van der Waals surface area contributed by atoms with Crippen LogP contribution in [0.1, 0.15) is 24.0 Å². The summed E-state index contributed by atoms with van der Waals surface area (Å²) in [4.78, 5) is 8.59. The van der Waals surface area contributed by atoms with Gasteiger partial charge in [-0.1, -0.05) is 12.1 Å². The van der Waals surface area contributed by atoms with Crippen molar-refractivity contribution in [3.05, 3.63) is 47.2 Å². The number of nitrogen functional groups attached to an aromatic ring is 1. The number of halogens is 1. The zero-order valence-electron chi connectivity index (χ0n) is 11.0. The highest BCUT2D eigenvalue weighted by Crippen LogP contribution is 2.19. The maximum atomic E-state index is 13.4. The van der Waals surface area contributed by atoms with E-state index < -0.39 is 5.82 Å². The summed E-state index contributed by atoms with van der Waals surface area (Å²) in [5, 5.41) is 0. The van der Waals surface area contributed by atoms with Gasteiger partial charge in [0.2, 0.25) is 5.88 Å². The van der Waals surface area contributed by atoms with Gasteiger partial charge in [-0.2, -0.15) is 4.98 Å². The second kappa shape index (κ2) is 5.65. The van der Waals surface area contributed by atoms with E-state index in [0.717, 1.165) is 5.69 Å². The Kier molecular flexibility index (Phi) is 3.94. The number of anilines is 1. The highest BCUT2D eigenvalue weighted by molar-refractivity contribution is 5.49. The Labute approximate surface area is 111 Å². The lowest BCUT2D eigenvalue weighted by molar-refractivity contribution is 0.324. The Morgan fingerprint density at radius 3 is 2.84 bits per heavy atom. The second-order valence-corrected chi connectivity index (χ2v) is 4.19. The molecule has 1 heterocycles. The molecule has 1 aromatic heterocycles. The first kappa shape index (κ1) is 13.3. The summed E-state index contributed by atoms with van der Waals surface area (Å²) in [6, 6.07) is 6.49. The molecule has 4 nitrogen and oxygen atoms in total. The van der Waals surface area contributed by atoms with Crippen molar-refractivity contribution < 1.29 is 9.13 Å². The van der Waals surface area contributed by atoms with Crippen LogP contribution in [0.4, 0.5) is 10.1 Å². The maximum Gasteiger partial charge on any atom is 0.216 e. The van der Waals surface area contributed by atoms with Crippen molar-refractivity contribution >= 4 is 5.69 Å². The van der Waals surface area contributed by atoms with E-state index in [1.54, 1.807) is 18.2 Å². The number of ether oxygens (including phenoxy) is 1. The molecule has 1 aromatic carbocycles. The highest BCUT2D eigenvalue weighted by Gasteiger charge is 2.09. The molecule has 0 spiro atoms. The number of para-hydroxylation sites is 1. The zero-order chi connectivity index (χ0) is 13.8.